The van der Waals surface area contributed by atoms with Crippen molar-refractivity contribution < 1.29 is 19.1 Å². The Morgan fingerprint density at radius 1 is 0.914 bits per heavy atom. The van der Waals surface area contributed by atoms with E-state index in [4.69, 9.17) is 32.7 Å². The maximum absolute atomic E-state index is 12.5. The Morgan fingerprint density at radius 3 is 2.34 bits per heavy atom. The maximum atomic E-state index is 12.5. The van der Waals surface area contributed by atoms with Crippen molar-refractivity contribution in [2.24, 2.45) is 0 Å². The zero-order valence-corrected chi connectivity index (χ0v) is 20.2. The van der Waals surface area contributed by atoms with Crippen molar-refractivity contribution in [1.29, 1.82) is 5.26 Å². The molecule has 35 heavy (non-hydrogen) atoms. The van der Waals surface area contributed by atoms with E-state index in [1.807, 2.05) is 13.0 Å². The van der Waals surface area contributed by atoms with Gasteiger partial charge in [0.2, 0.25) is 0 Å². The van der Waals surface area contributed by atoms with Gasteiger partial charge in [-0.05, 0) is 73.2 Å². The molecular formula is C26H21Cl2N3O4. The van der Waals surface area contributed by atoms with E-state index < -0.39 is 11.8 Å². The number of benzene rings is 3. The third-order valence-corrected chi connectivity index (χ3v) is 5.27. The van der Waals surface area contributed by atoms with Crippen molar-refractivity contribution in [3.8, 4) is 17.6 Å². The highest BCUT2D eigenvalue weighted by Crippen LogP contribution is 2.25. The molecule has 0 heterocycles. The SMILES string of the molecule is CCOc1ccc(NC(=O)/C(C#N)=C/c2cccc(OCC(=O)Nc3ccc(Cl)c(Cl)c3)c2)cc1. The van der Waals surface area contributed by atoms with Crippen molar-refractivity contribution in [1.82, 2.24) is 0 Å². The van der Waals surface area contributed by atoms with Crippen LogP contribution in [-0.2, 0) is 9.59 Å². The van der Waals surface area contributed by atoms with Crippen LogP contribution < -0.4 is 20.1 Å². The van der Waals surface area contributed by atoms with Gasteiger partial charge in [-0.1, -0.05) is 35.3 Å². The van der Waals surface area contributed by atoms with E-state index in [1.165, 1.54) is 12.1 Å². The van der Waals surface area contributed by atoms with Crippen LogP contribution >= 0.6 is 23.2 Å². The molecule has 0 aliphatic rings. The van der Waals surface area contributed by atoms with Crippen LogP contribution in [0.5, 0.6) is 11.5 Å². The van der Waals surface area contributed by atoms with Crippen molar-refractivity contribution >= 4 is 52.5 Å². The average molecular weight is 510 g/mol. The Hall–Kier alpha value is -3.99. The molecule has 0 aliphatic carbocycles. The fraction of sp³-hybridized carbons (Fsp3) is 0.115. The van der Waals surface area contributed by atoms with Gasteiger partial charge < -0.3 is 20.1 Å². The smallest absolute Gasteiger partial charge is 0.266 e. The summed E-state index contributed by atoms with van der Waals surface area (Å²) >= 11 is 11.8. The Kier molecular flexibility index (Phi) is 9.13. The Bertz CT molecular complexity index is 1280. The minimum absolute atomic E-state index is 0.0894. The van der Waals surface area contributed by atoms with Crippen LogP contribution in [0.15, 0.2) is 72.3 Å². The van der Waals surface area contributed by atoms with E-state index in [0.717, 1.165) is 0 Å². The summed E-state index contributed by atoms with van der Waals surface area (Å²) in [7, 11) is 0. The highest BCUT2D eigenvalue weighted by Gasteiger charge is 2.11. The van der Waals surface area contributed by atoms with Gasteiger partial charge in [-0.2, -0.15) is 5.26 Å². The molecule has 0 fully saturated rings. The van der Waals surface area contributed by atoms with Crippen LogP contribution in [0.3, 0.4) is 0 Å². The summed E-state index contributed by atoms with van der Waals surface area (Å²) in [5.41, 5.74) is 1.49. The van der Waals surface area contributed by atoms with E-state index in [-0.39, 0.29) is 12.2 Å². The molecule has 0 spiro atoms. The molecule has 0 aliphatic heterocycles. The molecule has 0 radical (unpaired) electrons. The Labute approximate surface area is 212 Å². The van der Waals surface area contributed by atoms with Gasteiger partial charge in [0.25, 0.3) is 11.8 Å². The summed E-state index contributed by atoms with van der Waals surface area (Å²) in [5.74, 6) is 0.136. The summed E-state index contributed by atoms with van der Waals surface area (Å²) < 4.78 is 10.9. The van der Waals surface area contributed by atoms with Crippen LogP contribution in [-0.4, -0.2) is 25.0 Å². The van der Waals surface area contributed by atoms with Gasteiger partial charge in [-0.15, -0.1) is 0 Å². The summed E-state index contributed by atoms with van der Waals surface area (Å²) in [5, 5.41) is 15.5. The van der Waals surface area contributed by atoms with Gasteiger partial charge >= 0.3 is 0 Å². The first-order chi connectivity index (χ1) is 16.9. The standard InChI is InChI=1S/C26H21Cl2N3O4/c1-2-34-21-9-6-19(7-10-21)31-26(33)18(15-29)12-17-4-3-5-22(13-17)35-16-25(32)30-20-8-11-23(27)24(28)14-20/h3-14H,2,16H2,1H3,(H,30,32)(H,31,33)/b18-12+. The predicted molar refractivity (Wildman–Crippen MR) is 137 cm³/mol. The summed E-state index contributed by atoms with van der Waals surface area (Å²) in [4.78, 5) is 24.7. The fourth-order valence-electron chi connectivity index (χ4n) is 2.93. The number of carbonyl (C=O) groups is 2. The first-order valence-corrected chi connectivity index (χ1v) is 11.3. The summed E-state index contributed by atoms with van der Waals surface area (Å²) in [6.45, 7) is 2.17. The number of rotatable bonds is 9. The zero-order chi connectivity index (χ0) is 25.2. The molecule has 0 bridgehead atoms. The number of halogens is 2. The van der Waals surface area contributed by atoms with Crippen molar-refractivity contribution in [3.05, 3.63) is 87.9 Å². The topological polar surface area (TPSA) is 100 Å². The number of nitriles is 1. The molecule has 3 aromatic rings. The number of nitrogens with one attached hydrogen (secondary N) is 2. The molecule has 3 aromatic carbocycles. The number of carbonyl (C=O) groups excluding carboxylic acids is 2. The number of hydrogen-bond donors (Lipinski definition) is 2. The predicted octanol–water partition coefficient (Wildman–Crippen LogP) is 5.96. The minimum Gasteiger partial charge on any atom is -0.494 e. The minimum atomic E-state index is -0.552. The number of nitrogens with zero attached hydrogens (tertiary/aromatic N) is 1. The van der Waals surface area contributed by atoms with Crippen LogP contribution in [0.4, 0.5) is 11.4 Å². The number of amides is 2. The van der Waals surface area contributed by atoms with Crippen LogP contribution in [0.2, 0.25) is 10.0 Å². The average Bonchev–Trinajstić information content (AvgIpc) is 2.85. The number of hydrogen-bond acceptors (Lipinski definition) is 5. The quantitative estimate of drug-likeness (QED) is 0.274. The van der Waals surface area contributed by atoms with Crippen LogP contribution in [0, 0.1) is 11.3 Å². The van der Waals surface area contributed by atoms with Crippen LogP contribution in [0.1, 0.15) is 12.5 Å². The van der Waals surface area contributed by atoms with Crippen molar-refractivity contribution in [2.45, 2.75) is 6.92 Å². The zero-order valence-electron chi connectivity index (χ0n) is 18.7. The van der Waals surface area contributed by atoms with E-state index in [9.17, 15) is 14.9 Å². The first-order valence-electron chi connectivity index (χ1n) is 10.5. The fourth-order valence-corrected chi connectivity index (χ4v) is 3.23. The molecule has 2 amide bonds. The number of ether oxygens (including phenoxy) is 2. The van der Waals surface area contributed by atoms with Gasteiger partial charge in [-0.3, -0.25) is 9.59 Å². The molecule has 0 saturated carbocycles. The molecule has 9 heteroatoms. The second-order valence-electron chi connectivity index (χ2n) is 7.12. The lowest BCUT2D eigenvalue weighted by Crippen LogP contribution is -2.20. The molecule has 0 saturated heterocycles. The molecule has 0 aromatic heterocycles. The van der Waals surface area contributed by atoms with Gasteiger partial charge in [0.15, 0.2) is 6.61 Å². The largest absolute Gasteiger partial charge is 0.494 e. The summed E-state index contributed by atoms with van der Waals surface area (Å²) in [6.07, 6.45) is 1.44. The van der Waals surface area contributed by atoms with Gasteiger partial charge in [0.05, 0.1) is 16.7 Å². The molecule has 0 atom stereocenters. The molecule has 0 unspecified atom stereocenters. The van der Waals surface area contributed by atoms with Crippen molar-refractivity contribution in [2.75, 3.05) is 23.8 Å². The van der Waals surface area contributed by atoms with E-state index in [0.29, 0.717) is 45.1 Å². The van der Waals surface area contributed by atoms with Gasteiger partial charge in [0, 0.05) is 11.4 Å². The molecule has 3 rings (SSSR count). The van der Waals surface area contributed by atoms with E-state index in [1.54, 1.807) is 60.7 Å². The highest BCUT2D eigenvalue weighted by molar-refractivity contribution is 6.42. The third-order valence-electron chi connectivity index (χ3n) is 4.53. The Balaban J connectivity index is 1.61. The molecule has 178 valence electrons. The van der Waals surface area contributed by atoms with Gasteiger partial charge in [-0.25, -0.2) is 0 Å². The van der Waals surface area contributed by atoms with Gasteiger partial charge in [0.1, 0.15) is 23.1 Å². The lowest BCUT2D eigenvalue weighted by molar-refractivity contribution is -0.118. The van der Waals surface area contributed by atoms with E-state index >= 15 is 0 Å². The van der Waals surface area contributed by atoms with Crippen molar-refractivity contribution in [3.63, 3.8) is 0 Å². The monoisotopic (exact) mass is 509 g/mol. The molecular weight excluding hydrogens is 489 g/mol. The molecule has 2 N–H and O–H groups in total. The molecule has 7 nitrogen and oxygen atoms in total. The Morgan fingerprint density at radius 2 is 1.66 bits per heavy atom. The lowest BCUT2D eigenvalue weighted by atomic mass is 10.1. The third kappa shape index (κ3) is 7.78. The number of anilines is 2. The second-order valence-corrected chi connectivity index (χ2v) is 7.93. The normalized spacial score (nSPS) is 10.7. The van der Waals surface area contributed by atoms with Crippen LogP contribution in [0.25, 0.3) is 6.08 Å². The first kappa shape index (κ1) is 25.6. The summed E-state index contributed by atoms with van der Waals surface area (Å²) in [6, 6.07) is 20.2. The lowest BCUT2D eigenvalue weighted by Gasteiger charge is -2.09. The van der Waals surface area contributed by atoms with E-state index in [2.05, 4.69) is 10.6 Å². The highest BCUT2D eigenvalue weighted by atomic mass is 35.5. The maximum Gasteiger partial charge on any atom is 0.266 e. The second kappa shape index (κ2) is 12.5.